The SMILES string of the molecule is CCOC(=O)C1=C(C)N(c2cccc(C)c2)C(=S)NC1c1ccc(-n2ccnc2)cc1. The monoisotopic (exact) mass is 432 g/mol. The zero-order valence-electron chi connectivity index (χ0n) is 17.7. The third-order valence-corrected chi connectivity index (χ3v) is 5.57. The first-order valence-electron chi connectivity index (χ1n) is 10.1. The number of nitrogens with zero attached hydrogens (tertiary/aromatic N) is 3. The molecular formula is C24H24N4O2S. The van der Waals surface area contributed by atoms with Gasteiger partial charge >= 0.3 is 5.97 Å². The highest BCUT2D eigenvalue weighted by molar-refractivity contribution is 7.80. The summed E-state index contributed by atoms with van der Waals surface area (Å²) in [6.45, 7) is 6.05. The molecular weight excluding hydrogens is 408 g/mol. The van der Waals surface area contributed by atoms with Crippen molar-refractivity contribution >= 4 is 29.0 Å². The van der Waals surface area contributed by atoms with Crippen molar-refractivity contribution < 1.29 is 9.53 Å². The second kappa shape index (κ2) is 8.73. The van der Waals surface area contributed by atoms with Gasteiger partial charge in [-0.15, -0.1) is 0 Å². The maximum Gasteiger partial charge on any atom is 0.338 e. The summed E-state index contributed by atoms with van der Waals surface area (Å²) in [5.41, 5.74) is 5.24. The highest BCUT2D eigenvalue weighted by atomic mass is 32.1. The molecule has 6 nitrogen and oxygen atoms in total. The third kappa shape index (κ3) is 4.09. The van der Waals surface area contributed by atoms with E-state index in [-0.39, 0.29) is 5.97 Å². The number of allylic oxidation sites excluding steroid dienone is 1. The zero-order valence-corrected chi connectivity index (χ0v) is 18.5. The summed E-state index contributed by atoms with van der Waals surface area (Å²) in [5.74, 6) is -0.351. The molecule has 1 aliphatic rings. The lowest BCUT2D eigenvalue weighted by atomic mass is 9.94. The third-order valence-electron chi connectivity index (χ3n) is 5.27. The molecule has 31 heavy (non-hydrogen) atoms. The molecule has 0 aliphatic carbocycles. The van der Waals surface area contributed by atoms with Crippen LogP contribution >= 0.6 is 12.2 Å². The number of carbonyl (C=O) groups excluding carboxylic acids is 1. The number of anilines is 1. The van der Waals surface area contributed by atoms with E-state index in [1.807, 2.05) is 85.0 Å². The van der Waals surface area contributed by atoms with Gasteiger partial charge in [-0.1, -0.05) is 24.3 Å². The molecule has 1 unspecified atom stereocenters. The van der Waals surface area contributed by atoms with E-state index in [1.54, 1.807) is 12.5 Å². The van der Waals surface area contributed by atoms with E-state index >= 15 is 0 Å². The van der Waals surface area contributed by atoms with Gasteiger partial charge in [0.1, 0.15) is 0 Å². The van der Waals surface area contributed by atoms with Crippen molar-refractivity contribution in [3.8, 4) is 5.69 Å². The van der Waals surface area contributed by atoms with Crippen LogP contribution in [0.4, 0.5) is 5.69 Å². The van der Waals surface area contributed by atoms with E-state index in [0.717, 1.165) is 28.2 Å². The van der Waals surface area contributed by atoms with Crippen LogP contribution in [0.2, 0.25) is 0 Å². The molecule has 0 fully saturated rings. The molecule has 0 saturated carbocycles. The van der Waals surface area contributed by atoms with Gasteiger partial charge in [0.25, 0.3) is 0 Å². The summed E-state index contributed by atoms with van der Waals surface area (Å²) in [5, 5.41) is 3.90. The molecule has 158 valence electrons. The second-order valence-corrected chi connectivity index (χ2v) is 7.72. The van der Waals surface area contributed by atoms with Crippen molar-refractivity contribution in [3.63, 3.8) is 0 Å². The number of benzene rings is 2. The summed E-state index contributed by atoms with van der Waals surface area (Å²) in [6, 6.07) is 15.6. The molecule has 3 aromatic rings. The van der Waals surface area contributed by atoms with Gasteiger partial charge in [-0.3, -0.25) is 4.90 Å². The number of thiocarbonyl (C=S) groups is 1. The van der Waals surface area contributed by atoms with Crippen LogP contribution in [-0.4, -0.2) is 27.2 Å². The molecule has 2 aromatic carbocycles. The Morgan fingerprint density at radius 1 is 1.16 bits per heavy atom. The number of hydrogen-bond donors (Lipinski definition) is 1. The van der Waals surface area contributed by atoms with Gasteiger partial charge < -0.3 is 14.6 Å². The summed E-state index contributed by atoms with van der Waals surface area (Å²) in [4.78, 5) is 19.0. The van der Waals surface area contributed by atoms with Crippen molar-refractivity contribution in [1.82, 2.24) is 14.9 Å². The Bertz CT molecular complexity index is 1140. The van der Waals surface area contributed by atoms with E-state index in [2.05, 4.69) is 10.3 Å². The number of aryl methyl sites for hydroxylation is 1. The largest absolute Gasteiger partial charge is 0.463 e. The Balaban J connectivity index is 1.77. The van der Waals surface area contributed by atoms with Crippen molar-refractivity contribution in [3.05, 3.63) is 89.6 Å². The predicted molar refractivity (Wildman–Crippen MR) is 125 cm³/mol. The van der Waals surface area contributed by atoms with Gasteiger partial charge in [0.2, 0.25) is 0 Å². The number of hydrogen-bond acceptors (Lipinski definition) is 4. The molecule has 7 heteroatoms. The van der Waals surface area contributed by atoms with Crippen molar-refractivity contribution in [2.75, 3.05) is 11.5 Å². The lowest BCUT2D eigenvalue weighted by molar-refractivity contribution is -0.139. The number of imidazole rings is 1. The maximum atomic E-state index is 13.0. The zero-order chi connectivity index (χ0) is 22.0. The summed E-state index contributed by atoms with van der Waals surface area (Å²) >= 11 is 5.72. The highest BCUT2D eigenvalue weighted by Gasteiger charge is 2.35. The molecule has 2 heterocycles. The number of ether oxygens (including phenoxy) is 1. The predicted octanol–water partition coefficient (Wildman–Crippen LogP) is 4.45. The van der Waals surface area contributed by atoms with E-state index in [9.17, 15) is 4.79 Å². The Kier molecular flexibility index (Phi) is 5.86. The van der Waals surface area contributed by atoms with Crippen molar-refractivity contribution in [1.29, 1.82) is 0 Å². The Morgan fingerprint density at radius 3 is 2.58 bits per heavy atom. The van der Waals surface area contributed by atoms with Gasteiger partial charge in [0, 0.05) is 29.5 Å². The van der Waals surface area contributed by atoms with Crippen LogP contribution in [0.5, 0.6) is 0 Å². The van der Waals surface area contributed by atoms with Crippen LogP contribution in [0.15, 0.2) is 78.5 Å². The Hall–Kier alpha value is -3.45. The fourth-order valence-electron chi connectivity index (χ4n) is 3.79. The number of esters is 1. The first-order valence-corrected chi connectivity index (χ1v) is 10.5. The minimum Gasteiger partial charge on any atom is -0.463 e. The number of aromatic nitrogens is 2. The van der Waals surface area contributed by atoms with Crippen LogP contribution < -0.4 is 10.2 Å². The molecule has 4 rings (SSSR count). The first-order chi connectivity index (χ1) is 15.0. The molecule has 0 amide bonds. The topological polar surface area (TPSA) is 59.4 Å². The summed E-state index contributed by atoms with van der Waals surface area (Å²) in [7, 11) is 0. The smallest absolute Gasteiger partial charge is 0.338 e. The maximum absolute atomic E-state index is 13.0. The van der Waals surface area contributed by atoms with E-state index < -0.39 is 6.04 Å². The molecule has 1 N–H and O–H groups in total. The van der Waals surface area contributed by atoms with E-state index in [4.69, 9.17) is 17.0 Å². The first kappa shape index (κ1) is 20.8. The Morgan fingerprint density at radius 2 is 1.94 bits per heavy atom. The van der Waals surface area contributed by atoms with Crippen LogP contribution in [0, 0.1) is 6.92 Å². The minimum absolute atomic E-state index is 0.302. The van der Waals surface area contributed by atoms with E-state index in [0.29, 0.717) is 17.3 Å². The quantitative estimate of drug-likeness (QED) is 0.475. The van der Waals surface area contributed by atoms with Crippen molar-refractivity contribution in [2.45, 2.75) is 26.8 Å². The van der Waals surface area contributed by atoms with Gasteiger partial charge in [0.05, 0.1) is 24.5 Å². The second-order valence-electron chi connectivity index (χ2n) is 7.34. The standard InChI is InChI=1S/C24H24N4O2S/c1-4-30-23(29)21-17(3)28(20-7-5-6-16(2)14-20)24(31)26-22(21)18-8-10-19(11-9-18)27-13-12-25-15-27/h5-15,22H,4H2,1-3H3,(H,26,31). The van der Waals surface area contributed by atoms with E-state index in [1.165, 1.54) is 0 Å². The minimum atomic E-state index is -0.399. The normalized spacial score (nSPS) is 16.3. The van der Waals surface area contributed by atoms with Gasteiger partial charge in [0.15, 0.2) is 5.11 Å². The molecule has 0 radical (unpaired) electrons. The number of rotatable bonds is 5. The fraction of sp³-hybridized carbons (Fsp3) is 0.208. The summed E-state index contributed by atoms with van der Waals surface area (Å²) < 4.78 is 7.34. The van der Waals surface area contributed by atoms with Crippen LogP contribution in [0.25, 0.3) is 5.69 Å². The molecule has 1 atom stereocenters. The molecule has 0 spiro atoms. The Labute approximate surface area is 187 Å². The number of carbonyl (C=O) groups is 1. The fourth-order valence-corrected chi connectivity index (χ4v) is 4.16. The lowest BCUT2D eigenvalue weighted by Crippen LogP contribution is -2.48. The molecule has 0 saturated heterocycles. The lowest BCUT2D eigenvalue weighted by Gasteiger charge is -2.37. The molecule has 0 bridgehead atoms. The van der Waals surface area contributed by atoms with Gasteiger partial charge in [-0.25, -0.2) is 9.78 Å². The average molecular weight is 433 g/mol. The average Bonchev–Trinajstić information content (AvgIpc) is 3.28. The van der Waals surface area contributed by atoms with Gasteiger partial charge in [-0.05, 0) is 68.4 Å². The highest BCUT2D eigenvalue weighted by Crippen LogP contribution is 2.34. The van der Waals surface area contributed by atoms with Crippen LogP contribution in [0.1, 0.15) is 31.0 Å². The van der Waals surface area contributed by atoms with Crippen LogP contribution in [-0.2, 0) is 9.53 Å². The van der Waals surface area contributed by atoms with Crippen LogP contribution in [0.3, 0.4) is 0 Å². The molecule has 1 aliphatic heterocycles. The van der Waals surface area contributed by atoms with Gasteiger partial charge in [-0.2, -0.15) is 0 Å². The van der Waals surface area contributed by atoms with Crippen molar-refractivity contribution in [2.24, 2.45) is 0 Å². The summed E-state index contributed by atoms with van der Waals surface area (Å²) in [6.07, 6.45) is 5.37. The number of nitrogens with one attached hydrogen (secondary N) is 1. The molecule has 1 aromatic heterocycles.